The number of amides is 3. The minimum atomic E-state index is -4.77. The van der Waals surface area contributed by atoms with Crippen LogP contribution < -0.4 is 10.6 Å². The smallest absolute Gasteiger partial charge is 0.417 e. The first-order valence-corrected chi connectivity index (χ1v) is 16.8. The lowest BCUT2D eigenvalue weighted by Gasteiger charge is -2.44. The Morgan fingerprint density at radius 1 is 0.979 bits per heavy atom. The lowest BCUT2D eigenvalue weighted by atomic mass is 9.68. The summed E-state index contributed by atoms with van der Waals surface area (Å²) in [6.45, 7) is 5.19. The zero-order chi connectivity index (χ0) is 33.3. The molecule has 3 fully saturated rings. The summed E-state index contributed by atoms with van der Waals surface area (Å²) < 4.78 is 47.1. The predicted molar refractivity (Wildman–Crippen MR) is 172 cm³/mol. The predicted octanol–water partition coefficient (Wildman–Crippen LogP) is 5.33. The largest absolute Gasteiger partial charge is 0.436 e. The number of likely N-dealkylation sites (tertiary alicyclic amines) is 2. The number of fused-ring (bicyclic) bond motifs is 2. The van der Waals surface area contributed by atoms with E-state index in [2.05, 4.69) is 15.5 Å². The number of carbonyl (C=O) groups excluding carboxylic acids is 3. The molecule has 0 radical (unpaired) electrons. The van der Waals surface area contributed by atoms with Crippen LogP contribution in [0.5, 0.6) is 0 Å². The fraction of sp³-hybridized carbons (Fsp3) is 0.545. The van der Waals surface area contributed by atoms with E-state index in [4.69, 9.17) is 27.9 Å². The van der Waals surface area contributed by atoms with Crippen molar-refractivity contribution in [3.05, 3.63) is 63.1 Å². The van der Waals surface area contributed by atoms with Crippen molar-refractivity contribution in [2.45, 2.75) is 62.3 Å². The van der Waals surface area contributed by atoms with Gasteiger partial charge in [-0.05, 0) is 55.0 Å². The summed E-state index contributed by atoms with van der Waals surface area (Å²) in [6.07, 6.45) is -4.31. The third-order valence-corrected chi connectivity index (χ3v) is 10.8. The Bertz CT molecular complexity index is 1500. The number of hydrogen-bond acceptors (Lipinski definition) is 6. The summed E-state index contributed by atoms with van der Waals surface area (Å²) >= 11 is 12.0. The van der Waals surface area contributed by atoms with Crippen LogP contribution in [0.3, 0.4) is 0 Å². The highest BCUT2D eigenvalue weighted by Gasteiger charge is 2.44. The number of nitrogens with one attached hydrogen (secondary N) is 2. The molecule has 14 heteroatoms. The van der Waals surface area contributed by atoms with Gasteiger partial charge in [-0.2, -0.15) is 13.2 Å². The first kappa shape index (κ1) is 33.8. The fourth-order valence-electron chi connectivity index (χ4n) is 7.48. The topological polar surface area (TPSA) is 94.2 Å². The molecule has 4 aliphatic rings. The van der Waals surface area contributed by atoms with Gasteiger partial charge in [0.15, 0.2) is 6.10 Å². The summed E-state index contributed by atoms with van der Waals surface area (Å²) in [7, 11) is 0. The van der Waals surface area contributed by atoms with E-state index < -0.39 is 40.3 Å². The summed E-state index contributed by atoms with van der Waals surface area (Å²) in [5.41, 5.74) is 0.342. The first-order chi connectivity index (χ1) is 22.4. The number of halogens is 5. The van der Waals surface area contributed by atoms with Crippen molar-refractivity contribution in [2.24, 2.45) is 0 Å². The number of rotatable bonds is 5. The van der Waals surface area contributed by atoms with E-state index in [0.717, 1.165) is 56.3 Å². The van der Waals surface area contributed by atoms with Crippen LogP contribution >= 0.6 is 23.2 Å². The van der Waals surface area contributed by atoms with Crippen LogP contribution in [0.1, 0.15) is 48.8 Å². The molecule has 9 nitrogen and oxygen atoms in total. The average molecular weight is 697 g/mol. The Kier molecular flexibility index (Phi) is 9.94. The molecule has 6 rings (SSSR count). The van der Waals surface area contributed by atoms with Gasteiger partial charge in [-0.3, -0.25) is 14.5 Å². The van der Waals surface area contributed by atoms with Crippen molar-refractivity contribution in [2.75, 3.05) is 57.7 Å². The molecule has 2 aromatic carbocycles. The number of para-hydroxylation sites is 1. The molecule has 2 aromatic rings. The second kappa shape index (κ2) is 13.8. The SMILES string of the molecule is O=C1CC2(CCN(C(=O)O[C@H](Cc3cc(Cl)c(Cl)c(C(F)(F)F)c3)C(=O)N3CCC(N4CCNCC4)CC3)CC2)c2ccccc2N1. The maximum absolute atomic E-state index is 13.9. The highest BCUT2D eigenvalue weighted by Crippen LogP contribution is 2.45. The minimum Gasteiger partial charge on any atom is -0.436 e. The summed E-state index contributed by atoms with van der Waals surface area (Å²) in [5.74, 6) is -0.533. The molecule has 3 saturated heterocycles. The molecule has 3 amide bonds. The van der Waals surface area contributed by atoms with Crippen LogP contribution in [0.15, 0.2) is 36.4 Å². The van der Waals surface area contributed by atoms with Gasteiger partial charge >= 0.3 is 12.3 Å². The minimum absolute atomic E-state index is 0.0778. The third kappa shape index (κ3) is 7.35. The normalized spacial score (nSPS) is 21.3. The molecule has 47 heavy (non-hydrogen) atoms. The van der Waals surface area contributed by atoms with E-state index in [9.17, 15) is 27.6 Å². The zero-order valence-electron chi connectivity index (χ0n) is 25.9. The van der Waals surface area contributed by atoms with E-state index in [1.54, 1.807) is 4.90 Å². The van der Waals surface area contributed by atoms with Crippen molar-refractivity contribution in [1.29, 1.82) is 0 Å². The second-order valence-corrected chi connectivity index (χ2v) is 13.7. The monoisotopic (exact) mass is 695 g/mol. The Labute approximate surface area is 281 Å². The summed E-state index contributed by atoms with van der Waals surface area (Å²) in [5, 5.41) is 5.34. The van der Waals surface area contributed by atoms with Gasteiger partial charge in [0, 0.05) is 82.3 Å². The molecule has 0 unspecified atom stereocenters. The fourth-order valence-corrected chi connectivity index (χ4v) is 7.93. The Morgan fingerprint density at radius 2 is 1.66 bits per heavy atom. The van der Waals surface area contributed by atoms with E-state index in [1.165, 1.54) is 11.0 Å². The second-order valence-electron chi connectivity index (χ2n) is 12.9. The number of nitrogens with zero attached hydrogens (tertiary/aromatic N) is 3. The van der Waals surface area contributed by atoms with Crippen molar-refractivity contribution >= 4 is 46.8 Å². The van der Waals surface area contributed by atoms with Gasteiger partial charge in [0.1, 0.15) is 0 Å². The van der Waals surface area contributed by atoms with E-state index in [1.807, 2.05) is 24.3 Å². The number of alkyl halides is 3. The van der Waals surface area contributed by atoms with Gasteiger partial charge in [-0.1, -0.05) is 41.4 Å². The molecular formula is C33H38Cl2F3N5O4. The van der Waals surface area contributed by atoms with Gasteiger partial charge in [0.05, 0.1) is 15.6 Å². The van der Waals surface area contributed by atoms with E-state index in [-0.39, 0.29) is 22.9 Å². The van der Waals surface area contributed by atoms with Gasteiger partial charge in [0.25, 0.3) is 5.91 Å². The average Bonchev–Trinajstić information content (AvgIpc) is 3.06. The number of benzene rings is 2. The number of carbonyl (C=O) groups is 3. The molecule has 1 atom stereocenters. The number of ether oxygens (including phenoxy) is 1. The Hall–Kier alpha value is -3.06. The van der Waals surface area contributed by atoms with Crippen LogP contribution in [0, 0.1) is 0 Å². The Morgan fingerprint density at radius 3 is 2.34 bits per heavy atom. The lowest BCUT2D eigenvalue weighted by Crippen LogP contribution is -2.54. The van der Waals surface area contributed by atoms with Crippen LogP contribution in [-0.2, 0) is 32.3 Å². The van der Waals surface area contributed by atoms with Crippen molar-refractivity contribution < 1.29 is 32.3 Å². The molecule has 1 spiro atoms. The highest BCUT2D eigenvalue weighted by atomic mass is 35.5. The molecule has 0 saturated carbocycles. The third-order valence-electron chi connectivity index (χ3n) is 10.0. The highest BCUT2D eigenvalue weighted by molar-refractivity contribution is 6.42. The summed E-state index contributed by atoms with van der Waals surface area (Å²) in [6, 6.07) is 10.1. The zero-order valence-corrected chi connectivity index (χ0v) is 27.4. The molecule has 0 aliphatic carbocycles. The van der Waals surface area contributed by atoms with E-state index in [0.29, 0.717) is 51.5 Å². The molecule has 4 aliphatic heterocycles. The number of anilines is 1. The van der Waals surface area contributed by atoms with Crippen LogP contribution in [0.4, 0.5) is 23.7 Å². The molecule has 0 bridgehead atoms. The molecule has 0 aromatic heterocycles. The van der Waals surface area contributed by atoms with Crippen molar-refractivity contribution in [3.63, 3.8) is 0 Å². The molecular weight excluding hydrogens is 658 g/mol. The number of piperazine rings is 1. The first-order valence-electron chi connectivity index (χ1n) is 16.1. The van der Waals surface area contributed by atoms with Crippen LogP contribution in [-0.4, -0.2) is 97.1 Å². The van der Waals surface area contributed by atoms with Gasteiger partial charge in [-0.15, -0.1) is 0 Å². The molecule has 254 valence electrons. The van der Waals surface area contributed by atoms with Gasteiger partial charge in [0.2, 0.25) is 5.91 Å². The van der Waals surface area contributed by atoms with Crippen molar-refractivity contribution in [1.82, 2.24) is 20.0 Å². The van der Waals surface area contributed by atoms with Crippen LogP contribution in [0.25, 0.3) is 0 Å². The molecule has 4 heterocycles. The van der Waals surface area contributed by atoms with Crippen LogP contribution in [0.2, 0.25) is 10.0 Å². The summed E-state index contributed by atoms with van der Waals surface area (Å²) in [4.78, 5) is 45.6. The van der Waals surface area contributed by atoms with Gasteiger partial charge < -0.3 is 25.2 Å². The standard InChI is InChI=1S/C33H38Cl2F3N5O4/c34-25-18-21(17-24(29(25)35)33(36,37)38)19-27(30(45)42-11-5-22(6-12-42)41-15-9-39-10-16-41)47-31(46)43-13-7-32(8-14-43)20-28(44)40-26-4-2-1-3-23(26)32/h1-4,17-18,22,27,39H,5-16,19-20H2,(H,40,44)/t27-/m1/s1. The quantitative estimate of drug-likeness (QED) is 0.439. The number of piperidine rings is 2. The Balaban J connectivity index is 1.18. The maximum atomic E-state index is 13.9. The van der Waals surface area contributed by atoms with Crippen molar-refractivity contribution in [3.8, 4) is 0 Å². The molecule has 2 N–H and O–H groups in total. The maximum Gasteiger partial charge on any atom is 0.417 e. The lowest BCUT2D eigenvalue weighted by molar-refractivity contribution is -0.142. The number of hydrogen-bond donors (Lipinski definition) is 2. The van der Waals surface area contributed by atoms with E-state index >= 15 is 0 Å². The van der Waals surface area contributed by atoms with Gasteiger partial charge in [-0.25, -0.2) is 4.79 Å².